The second kappa shape index (κ2) is 9.98. The van der Waals surface area contributed by atoms with E-state index in [0.29, 0.717) is 11.8 Å². The zero-order chi connectivity index (χ0) is 20.8. The molecule has 1 aromatic heterocycles. The van der Waals surface area contributed by atoms with Crippen molar-refractivity contribution >= 4 is 17.7 Å². The van der Waals surface area contributed by atoms with Crippen molar-refractivity contribution in [2.45, 2.75) is 43.0 Å². The SMILES string of the molecule is C/C=C(\C)CN1C[C@H](Sc2ccc(OC)cc2)C[C@H]1C(=O)N(C)Cc1ccon1. The zero-order valence-electron chi connectivity index (χ0n) is 17.5. The van der Waals surface area contributed by atoms with Crippen LogP contribution in [0, 0.1) is 0 Å². The van der Waals surface area contributed by atoms with Gasteiger partial charge in [-0.3, -0.25) is 9.69 Å². The highest BCUT2D eigenvalue weighted by atomic mass is 32.2. The monoisotopic (exact) mass is 415 g/mol. The van der Waals surface area contributed by atoms with Gasteiger partial charge in [0.2, 0.25) is 5.91 Å². The van der Waals surface area contributed by atoms with Crippen molar-refractivity contribution in [1.82, 2.24) is 15.0 Å². The number of carbonyl (C=O) groups is 1. The minimum Gasteiger partial charge on any atom is -0.497 e. The lowest BCUT2D eigenvalue weighted by Gasteiger charge is -2.27. The van der Waals surface area contributed by atoms with Gasteiger partial charge in [-0.2, -0.15) is 0 Å². The van der Waals surface area contributed by atoms with Gasteiger partial charge in [0.15, 0.2) is 0 Å². The van der Waals surface area contributed by atoms with E-state index < -0.39 is 0 Å². The van der Waals surface area contributed by atoms with Crippen LogP contribution < -0.4 is 4.74 Å². The number of benzene rings is 1. The van der Waals surface area contributed by atoms with E-state index in [1.54, 1.807) is 18.1 Å². The number of nitrogens with zero attached hydrogens (tertiary/aromatic N) is 3. The molecule has 1 aliphatic heterocycles. The highest BCUT2D eigenvalue weighted by Gasteiger charge is 2.38. The summed E-state index contributed by atoms with van der Waals surface area (Å²) in [6.45, 7) is 6.31. The van der Waals surface area contributed by atoms with Crippen LogP contribution in [0.3, 0.4) is 0 Å². The first kappa shape index (κ1) is 21.5. The molecule has 1 aromatic carbocycles. The van der Waals surface area contributed by atoms with Gasteiger partial charge in [-0.05, 0) is 44.5 Å². The average molecular weight is 416 g/mol. The molecule has 6 nitrogen and oxygen atoms in total. The molecule has 1 aliphatic rings. The number of hydrogen-bond donors (Lipinski definition) is 0. The zero-order valence-corrected chi connectivity index (χ0v) is 18.3. The van der Waals surface area contributed by atoms with Crippen LogP contribution in [-0.2, 0) is 11.3 Å². The van der Waals surface area contributed by atoms with E-state index in [1.807, 2.05) is 37.9 Å². The van der Waals surface area contributed by atoms with Crippen molar-refractivity contribution in [3.05, 3.63) is 53.9 Å². The average Bonchev–Trinajstić information content (AvgIpc) is 3.37. The van der Waals surface area contributed by atoms with Crippen molar-refractivity contribution < 1.29 is 14.1 Å². The molecule has 29 heavy (non-hydrogen) atoms. The summed E-state index contributed by atoms with van der Waals surface area (Å²) in [7, 11) is 3.51. The fourth-order valence-electron chi connectivity index (χ4n) is 3.53. The number of rotatable bonds is 8. The number of methoxy groups -OCH3 is 1. The molecule has 156 valence electrons. The Balaban J connectivity index is 1.69. The number of hydrogen-bond acceptors (Lipinski definition) is 6. The van der Waals surface area contributed by atoms with Crippen LogP contribution in [0.4, 0.5) is 0 Å². The normalized spacial score (nSPS) is 20.1. The third-order valence-corrected chi connectivity index (χ3v) is 6.44. The molecule has 0 radical (unpaired) electrons. The summed E-state index contributed by atoms with van der Waals surface area (Å²) in [6.07, 6.45) is 4.48. The largest absolute Gasteiger partial charge is 0.497 e. The molecule has 0 N–H and O–H groups in total. The van der Waals surface area contributed by atoms with Crippen molar-refractivity contribution in [2.24, 2.45) is 0 Å². The Morgan fingerprint density at radius 3 is 2.76 bits per heavy atom. The lowest BCUT2D eigenvalue weighted by molar-refractivity contribution is -0.135. The second-order valence-corrected chi connectivity index (χ2v) is 8.79. The highest BCUT2D eigenvalue weighted by Crippen LogP contribution is 2.34. The summed E-state index contributed by atoms with van der Waals surface area (Å²) in [5.41, 5.74) is 2.04. The third-order valence-electron chi connectivity index (χ3n) is 5.22. The maximum absolute atomic E-state index is 13.2. The molecule has 0 unspecified atom stereocenters. The van der Waals surface area contributed by atoms with Crippen LogP contribution in [-0.4, -0.2) is 59.4 Å². The van der Waals surface area contributed by atoms with E-state index in [-0.39, 0.29) is 11.9 Å². The summed E-state index contributed by atoms with van der Waals surface area (Å²) in [5.74, 6) is 0.989. The number of thioether (sulfide) groups is 1. The fraction of sp³-hybridized carbons (Fsp3) is 0.455. The van der Waals surface area contributed by atoms with Gasteiger partial charge in [0, 0.05) is 36.3 Å². The Hall–Kier alpha value is -2.25. The predicted molar refractivity (Wildman–Crippen MR) is 115 cm³/mol. The van der Waals surface area contributed by atoms with Gasteiger partial charge >= 0.3 is 0 Å². The first-order valence-corrected chi connectivity index (χ1v) is 10.7. The molecule has 1 fully saturated rings. The van der Waals surface area contributed by atoms with Gasteiger partial charge in [-0.1, -0.05) is 16.8 Å². The molecular weight excluding hydrogens is 386 g/mol. The molecular formula is C22H29N3O3S. The predicted octanol–water partition coefficient (Wildman–Crippen LogP) is 3.84. The lowest BCUT2D eigenvalue weighted by Crippen LogP contribution is -2.44. The van der Waals surface area contributed by atoms with E-state index in [1.165, 1.54) is 16.7 Å². The van der Waals surface area contributed by atoms with Gasteiger partial charge < -0.3 is 14.2 Å². The van der Waals surface area contributed by atoms with Gasteiger partial charge in [-0.15, -0.1) is 11.8 Å². The van der Waals surface area contributed by atoms with Crippen LogP contribution >= 0.6 is 11.8 Å². The van der Waals surface area contributed by atoms with Gasteiger partial charge in [0.05, 0.1) is 19.7 Å². The van der Waals surface area contributed by atoms with Crippen molar-refractivity contribution in [1.29, 1.82) is 0 Å². The summed E-state index contributed by atoms with van der Waals surface area (Å²) in [6, 6.07) is 9.79. The Morgan fingerprint density at radius 1 is 1.38 bits per heavy atom. The van der Waals surface area contributed by atoms with Crippen molar-refractivity contribution in [3.63, 3.8) is 0 Å². The number of allylic oxidation sites excluding steroid dienone is 1. The van der Waals surface area contributed by atoms with Crippen LogP contribution in [0.2, 0.25) is 0 Å². The summed E-state index contributed by atoms with van der Waals surface area (Å²) in [5, 5.41) is 4.29. The van der Waals surface area contributed by atoms with E-state index in [0.717, 1.165) is 31.0 Å². The minimum absolute atomic E-state index is 0.127. The Kier molecular flexibility index (Phi) is 7.39. The maximum Gasteiger partial charge on any atom is 0.240 e. The summed E-state index contributed by atoms with van der Waals surface area (Å²) >= 11 is 1.83. The summed E-state index contributed by atoms with van der Waals surface area (Å²) in [4.78, 5) is 18.5. The number of amides is 1. The number of likely N-dealkylation sites (tertiary alicyclic amines) is 1. The van der Waals surface area contributed by atoms with Crippen LogP contribution in [0.25, 0.3) is 0 Å². The number of aromatic nitrogens is 1. The standard InChI is InChI=1S/C22H29N3O3S/c1-5-16(2)13-25-15-20(29-19-8-6-18(27-4)7-9-19)12-21(25)22(26)24(3)14-17-10-11-28-23-17/h5-11,20-21H,12-15H2,1-4H3/b16-5+/t20-,21+/m1/s1. The lowest BCUT2D eigenvalue weighted by atomic mass is 10.1. The van der Waals surface area contributed by atoms with Crippen LogP contribution in [0.5, 0.6) is 5.75 Å². The minimum atomic E-state index is -0.127. The quantitative estimate of drug-likeness (QED) is 0.611. The van der Waals surface area contributed by atoms with Crippen molar-refractivity contribution in [3.8, 4) is 5.75 Å². The molecule has 2 atom stereocenters. The third kappa shape index (κ3) is 5.64. The molecule has 0 aliphatic carbocycles. The topological polar surface area (TPSA) is 58.8 Å². The number of carbonyl (C=O) groups excluding carboxylic acids is 1. The van der Waals surface area contributed by atoms with Gasteiger partial charge in [0.1, 0.15) is 17.7 Å². The van der Waals surface area contributed by atoms with E-state index >= 15 is 0 Å². The molecule has 1 amide bonds. The smallest absolute Gasteiger partial charge is 0.240 e. The Bertz CT molecular complexity index is 820. The van der Waals surface area contributed by atoms with E-state index in [4.69, 9.17) is 9.26 Å². The molecule has 1 saturated heterocycles. The highest BCUT2D eigenvalue weighted by molar-refractivity contribution is 8.00. The Morgan fingerprint density at radius 2 is 2.14 bits per heavy atom. The molecule has 7 heteroatoms. The molecule has 3 rings (SSSR count). The van der Waals surface area contributed by atoms with Crippen LogP contribution in [0.1, 0.15) is 26.0 Å². The van der Waals surface area contributed by atoms with Gasteiger partial charge in [0.25, 0.3) is 0 Å². The molecule has 0 bridgehead atoms. The first-order valence-electron chi connectivity index (χ1n) is 9.81. The number of ether oxygens (including phenoxy) is 1. The van der Waals surface area contributed by atoms with Crippen LogP contribution in [0.15, 0.2) is 57.7 Å². The molecule has 0 spiro atoms. The second-order valence-electron chi connectivity index (χ2n) is 7.42. The van der Waals surface area contributed by atoms with E-state index in [2.05, 4.69) is 35.2 Å². The van der Waals surface area contributed by atoms with Crippen molar-refractivity contribution in [2.75, 3.05) is 27.2 Å². The fourth-order valence-corrected chi connectivity index (χ4v) is 4.75. The Labute approximate surface area is 176 Å². The molecule has 2 aromatic rings. The summed E-state index contributed by atoms with van der Waals surface area (Å²) < 4.78 is 10.1. The molecule has 2 heterocycles. The number of likely N-dealkylation sites (N-methyl/N-ethyl adjacent to an activating group) is 1. The maximum atomic E-state index is 13.2. The van der Waals surface area contributed by atoms with Gasteiger partial charge in [-0.25, -0.2) is 0 Å². The molecule has 0 saturated carbocycles. The van der Waals surface area contributed by atoms with E-state index in [9.17, 15) is 4.79 Å². The first-order chi connectivity index (χ1) is 14.0.